The Morgan fingerprint density at radius 3 is 1.40 bits per heavy atom. The molecule has 0 aliphatic heterocycles. The molecule has 1 aliphatic rings. The molecule has 2 aromatic carbocycles. The molecule has 2 aromatic rings. The monoisotopic (exact) mass is 254 g/mol. The first kappa shape index (κ1) is 12.0. The second-order valence-corrected chi connectivity index (χ2v) is 4.46. The minimum absolute atomic E-state index is 0.183. The molecule has 0 spiro atoms. The number of nitriles is 2. The predicted molar refractivity (Wildman–Crippen MR) is 78.0 cm³/mol. The van der Waals surface area contributed by atoms with Crippen LogP contribution in [-0.2, 0) is 0 Å². The van der Waals surface area contributed by atoms with Gasteiger partial charge in [0.1, 0.15) is 17.7 Å². The summed E-state index contributed by atoms with van der Waals surface area (Å²) >= 11 is 0. The quantitative estimate of drug-likeness (QED) is 0.762. The smallest absolute Gasteiger partial charge is 0.138 e. The topological polar surface area (TPSA) is 47.6 Å². The molecule has 0 radical (unpaired) electrons. The molecule has 0 fully saturated rings. The molecule has 0 aromatic heterocycles. The number of nitrogens with zero attached hydrogens (tertiary/aromatic N) is 2. The van der Waals surface area contributed by atoms with E-state index in [4.69, 9.17) is 10.5 Å². The van der Waals surface area contributed by atoms with Crippen molar-refractivity contribution in [3.63, 3.8) is 0 Å². The lowest BCUT2D eigenvalue weighted by Crippen LogP contribution is -1.77. The summed E-state index contributed by atoms with van der Waals surface area (Å²) in [5.74, 6) is 0. The Balaban J connectivity index is 2.18. The highest BCUT2D eigenvalue weighted by Crippen LogP contribution is 2.53. The fourth-order valence-electron chi connectivity index (χ4n) is 2.36. The van der Waals surface area contributed by atoms with Crippen molar-refractivity contribution in [1.82, 2.24) is 0 Å². The van der Waals surface area contributed by atoms with E-state index in [1.165, 1.54) is 0 Å². The summed E-state index contributed by atoms with van der Waals surface area (Å²) in [6.45, 7) is 0. The Labute approximate surface area is 117 Å². The summed E-state index contributed by atoms with van der Waals surface area (Å²) in [4.78, 5) is 0. The van der Waals surface area contributed by atoms with Crippen LogP contribution in [0.2, 0.25) is 0 Å². The summed E-state index contributed by atoms with van der Waals surface area (Å²) in [5, 5.41) is 18.2. The second-order valence-electron chi connectivity index (χ2n) is 4.46. The van der Waals surface area contributed by atoms with Gasteiger partial charge in [-0.2, -0.15) is 10.5 Å². The summed E-state index contributed by atoms with van der Waals surface area (Å²) in [7, 11) is 0. The third kappa shape index (κ3) is 1.90. The fourth-order valence-corrected chi connectivity index (χ4v) is 2.36. The summed E-state index contributed by atoms with van der Waals surface area (Å²) in [6.07, 6.45) is 0. The average molecular weight is 254 g/mol. The number of rotatable bonds is 2. The maximum absolute atomic E-state index is 9.11. The van der Waals surface area contributed by atoms with Gasteiger partial charge in [-0.15, -0.1) is 0 Å². The lowest BCUT2D eigenvalue weighted by Gasteiger charge is -1.91. The van der Waals surface area contributed by atoms with Gasteiger partial charge in [-0.3, -0.25) is 0 Å². The first-order chi connectivity index (χ1) is 9.86. The Bertz CT molecular complexity index is 730. The van der Waals surface area contributed by atoms with E-state index in [2.05, 4.69) is 0 Å². The molecule has 0 saturated heterocycles. The van der Waals surface area contributed by atoms with Crippen LogP contribution in [0, 0.1) is 22.7 Å². The van der Waals surface area contributed by atoms with E-state index in [1.807, 2.05) is 72.8 Å². The molecule has 0 amide bonds. The molecule has 0 bridgehead atoms. The van der Waals surface area contributed by atoms with Crippen LogP contribution in [0.25, 0.3) is 11.1 Å². The Morgan fingerprint density at radius 2 is 1.05 bits per heavy atom. The normalized spacial score (nSPS) is 12.6. The van der Waals surface area contributed by atoms with E-state index in [-0.39, 0.29) is 5.57 Å². The molecular formula is C18H10N2. The van der Waals surface area contributed by atoms with Gasteiger partial charge in [-0.1, -0.05) is 60.7 Å². The standard InChI is InChI=1S/C18H10N2/c19-11-15(12-20)18-16(13-7-3-1-4-8-13)17(18)14-9-5-2-6-10-14/h1-10H. The van der Waals surface area contributed by atoms with Crippen LogP contribution in [0.1, 0.15) is 11.1 Å². The van der Waals surface area contributed by atoms with Crippen LogP contribution in [0.5, 0.6) is 0 Å². The van der Waals surface area contributed by atoms with E-state index >= 15 is 0 Å². The zero-order valence-corrected chi connectivity index (χ0v) is 10.7. The highest BCUT2D eigenvalue weighted by molar-refractivity contribution is 6.27. The van der Waals surface area contributed by atoms with Crippen molar-refractivity contribution in [3.05, 3.63) is 82.9 Å². The number of allylic oxidation sites excluding steroid dienone is 4. The molecule has 1 aliphatic carbocycles. The van der Waals surface area contributed by atoms with Crippen molar-refractivity contribution in [2.45, 2.75) is 0 Å². The zero-order valence-electron chi connectivity index (χ0n) is 10.7. The molecule has 0 unspecified atom stereocenters. The maximum atomic E-state index is 9.11. The van der Waals surface area contributed by atoms with Crippen molar-refractivity contribution in [3.8, 4) is 12.1 Å². The van der Waals surface area contributed by atoms with Crippen molar-refractivity contribution < 1.29 is 0 Å². The third-order valence-electron chi connectivity index (χ3n) is 3.29. The molecule has 3 rings (SSSR count). The summed E-state index contributed by atoms with van der Waals surface area (Å²) in [5.41, 5.74) is 5.08. The largest absolute Gasteiger partial charge is 0.192 e. The van der Waals surface area contributed by atoms with Crippen LogP contribution in [0.4, 0.5) is 0 Å². The van der Waals surface area contributed by atoms with Crippen LogP contribution < -0.4 is 0 Å². The molecular weight excluding hydrogens is 244 g/mol. The summed E-state index contributed by atoms with van der Waals surface area (Å²) < 4.78 is 0. The highest BCUT2D eigenvalue weighted by Gasteiger charge is 2.35. The van der Waals surface area contributed by atoms with Gasteiger partial charge in [0.2, 0.25) is 0 Å². The van der Waals surface area contributed by atoms with Crippen molar-refractivity contribution in [1.29, 1.82) is 10.5 Å². The van der Waals surface area contributed by atoms with Crippen LogP contribution in [0.3, 0.4) is 0 Å². The fraction of sp³-hybridized carbons (Fsp3) is 0. The van der Waals surface area contributed by atoms with Gasteiger partial charge in [-0.05, 0) is 11.1 Å². The number of benzene rings is 2. The first-order valence-corrected chi connectivity index (χ1v) is 6.27. The molecule has 20 heavy (non-hydrogen) atoms. The SMILES string of the molecule is N#CC(C#N)=C1C(c2ccccc2)=C1c1ccccc1. The van der Waals surface area contributed by atoms with E-state index in [1.54, 1.807) is 0 Å². The molecule has 92 valence electrons. The predicted octanol–water partition coefficient (Wildman–Crippen LogP) is 3.95. The van der Waals surface area contributed by atoms with Crippen LogP contribution in [0.15, 0.2) is 71.8 Å². The van der Waals surface area contributed by atoms with Gasteiger partial charge in [0.15, 0.2) is 0 Å². The van der Waals surface area contributed by atoms with Gasteiger partial charge in [0.25, 0.3) is 0 Å². The number of hydrogen-bond donors (Lipinski definition) is 0. The van der Waals surface area contributed by atoms with Gasteiger partial charge >= 0.3 is 0 Å². The molecule has 0 heterocycles. The van der Waals surface area contributed by atoms with Gasteiger partial charge in [0, 0.05) is 16.7 Å². The minimum atomic E-state index is 0.183. The third-order valence-corrected chi connectivity index (χ3v) is 3.29. The van der Waals surface area contributed by atoms with Crippen molar-refractivity contribution >= 4 is 11.1 Å². The Kier molecular flexibility index (Phi) is 2.92. The molecule has 0 saturated carbocycles. The lowest BCUT2D eigenvalue weighted by atomic mass is 10.1. The molecule has 0 atom stereocenters. The van der Waals surface area contributed by atoms with Crippen LogP contribution in [-0.4, -0.2) is 0 Å². The van der Waals surface area contributed by atoms with Crippen LogP contribution >= 0.6 is 0 Å². The van der Waals surface area contributed by atoms with Gasteiger partial charge in [-0.25, -0.2) is 0 Å². The average Bonchev–Trinajstić information content (AvgIpc) is 3.26. The van der Waals surface area contributed by atoms with E-state index in [0.29, 0.717) is 0 Å². The van der Waals surface area contributed by atoms with E-state index < -0.39 is 0 Å². The Morgan fingerprint density at radius 1 is 0.650 bits per heavy atom. The zero-order chi connectivity index (χ0) is 13.9. The molecule has 2 heteroatoms. The first-order valence-electron chi connectivity index (χ1n) is 6.27. The number of hydrogen-bond acceptors (Lipinski definition) is 2. The van der Waals surface area contributed by atoms with Gasteiger partial charge in [0.05, 0.1) is 0 Å². The molecule has 0 N–H and O–H groups in total. The van der Waals surface area contributed by atoms with E-state index in [9.17, 15) is 0 Å². The van der Waals surface area contributed by atoms with Gasteiger partial charge < -0.3 is 0 Å². The van der Waals surface area contributed by atoms with Crippen molar-refractivity contribution in [2.75, 3.05) is 0 Å². The maximum Gasteiger partial charge on any atom is 0.138 e. The lowest BCUT2D eigenvalue weighted by molar-refractivity contribution is 1.46. The Hall–Kier alpha value is -3.10. The second kappa shape index (κ2) is 4.88. The summed E-state index contributed by atoms with van der Waals surface area (Å²) in [6, 6.07) is 23.7. The van der Waals surface area contributed by atoms with E-state index in [0.717, 1.165) is 27.8 Å². The van der Waals surface area contributed by atoms with Crippen molar-refractivity contribution in [2.24, 2.45) is 0 Å². The molecule has 2 nitrogen and oxygen atoms in total. The minimum Gasteiger partial charge on any atom is -0.192 e. The highest BCUT2D eigenvalue weighted by atomic mass is 14.4.